The molecule has 0 atom stereocenters. The van der Waals surface area contributed by atoms with Gasteiger partial charge < -0.3 is 8.91 Å². The lowest BCUT2D eigenvalue weighted by atomic mass is 10.8. The van der Waals surface area contributed by atoms with Crippen LogP contribution in [0.5, 0.6) is 0 Å². The molecule has 4 heteroatoms. The number of hydrogen-bond donors (Lipinski definition) is 1. The van der Waals surface area contributed by atoms with E-state index in [4.69, 9.17) is 8.91 Å². The molecule has 0 aromatic carbocycles. The molecule has 0 aliphatic heterocycles. The second-order valence-corrected chi connectivity index (χ2v) is 7.87. The summed E-state index contributed by atoms with van der Waals surface area (Å²) in [5, 5.41) is 0. The molecule has 0 aromatic rings. The van der Waals surface area contributed by atoms with E-state index in [1.807, 2.05) is 6.08 Å². The van der Waals surface area contributed by atoms with Crippen LogP contribution in [-0.2, 0) is 4.12 Å². The van der Waals surface area contributed by atoms with Crippen molar-refractivity contribution in [2.24, 2.45) is 0 Å². The maximum absolute atomic E-state index is 8.55. The molecule has 0 unspecified atom stereocenters. The molecule has 0 aliphatic carbocycles. The molecule has 0 amide bonds. The summed E-state index contributed by atoms with van der Waals surface area (Å²) in [6.07, 6.45) is 1.86. The van der Waals surface area contributed by atoms with E-state index in [1.165, 1.54) is 0 Å². The van der Waals surface area contributed by atoms with Crippen molar-refractivity contribution in [3.05, 3.63) is 12.7 Å². The number of allylic oxidation sites excluding steroid dienone is 1. The first-order valence-electron chi connectivity index (χ1n) is 2.98. The molecule has 9 heavy (non-hydrogen) atoms. The average Bonchev–Trinajstić information content (AvgIpc) is 1.64. The van der Waals surface area contributed by atoms with E-state index in [1.54, 1.807) is 0 Å². The van der Waals surface area contributed by atoms with Crippen LogP contribution in [0.4, 0.5) is 0 Å². The van der Waals surface area contributed by atoms with Gasteiger partial charge in [-0.05, 0) is 19.1 Å². The van der Waals surface area contributed by atoms with E-state index in [2.05, 4.69) is 19.7 Å². The first-order valence-corrected chi connectivity index (χ1v) is 7.30. The molecule has 0 spiro atoms. The fourth-order valence-electron chi connectivity index (χ4n) is 0.581. The molecule has 0 saturated heterocycles. The van der Waals surface area contributed by atoms with Crippen molar-refractivity contribution >= 4 is 18.3 Å². The monoisotopic (exact) mass is 162 g/mol. The van der Waals surface area contributed by atoms with Gasteiger partial charge in [0.05, 0.1) is 0 Å². The summed E-state index contributed by atoms with van der Waals surface area (Å²) in [5.74, 6) is 0. The van der Waals surface area contributed by atoms with Crippen LogP contribution in [0.15, 0.2) is 12.7 Å². The predicted octanol–water partition coefficient (Wildman–Crippen LogP) is 0.385. The molecule has 0 radical (unpaired) electrons. The Morgan fingerprint density at radius 1 is 1.78 bits per heavy atom. The highest BCUT2D eigenvalue weighted by Gasteiger charge is 2.18. The third-order valence-corrected chi connectivity index (χ3v) is 6.01. The van der Waals surface area contributed by atoms with Crippen molar-refractivity contribution in [2.45, 2.75) is 19.1 Å². The topological polar surface area (TPSA) is 29.5 Å². The lowest BCUT2D eigenvalue weighted by Crippen LogP contribution is -2.30. The minimum Gasteiger partial charge on any atom is -0.440 e. The highest BCUT2D eigenvalue weighted by molar-refractivity contribution is 6.74. The summed E-state index contributed by atoms with van der Waals surface area (Å²) in [6, 6.07) is 0.931. The Morgan fingerprint density at radius 3 is 2.67 bits per heavy atom. The van der Waals surface area contributed by atoms with Gasteiger partial charge in [0.15, 0.2) is 8.32 Å². The van der Waals surface area contributed by atoms with Crippen LogP contribution in [0.3, 0.4) is 0 Å². The quantitative estimate of drug-likeness (QED) is 0.478. The molecule has 0 aromatic heterocycles. The van der Waals surface area contributed by atoms with Gasteiger partial charge in [0.1, 0.15) is 0 Å². The molecule has 0 aliphatic rings. The molecule has 2 nitrogen and oxygen atoms in total. The Labute approximate surface area is 59.7 Å². The summed E-state index contributed by atoms with van der Waals surface area (Å²) in [7, 11) is -2.71. The second-order valence-electron chi connectivity index (χ2n) is 2.53. The largest absolute Gasteiger partial charge is 0.440 e. The van der Waals surface area contributed by atoms with Crippen molar-refractivity contribution < 1.29 is 8.91 Å². The van der Waals surface area contributed by atoms with Gasteiger partial charge in [-0.1, -0.05) is 6.08 Å². The smallest absolute Gasteiger partial charge is 0.291 e. The summed E-state index contributed by atoms with van der Waals surface area (Å²) in [6.45, 7) is 7.78. The Morgan fingerprint density at radius 2 is 2.33 bits per heavy atom. The van der Waals surface area contributed by atoms with E-state index in [-0.39, 0.29) is 0 Å². The highest BCUT2D eigenvalue weighted by Crippen LogP contribution is 2.09. The van der Waals surface area contributed by atoms with Gasteiger partial charge in [0, 0.05) is 0 Å². The normalized spacial score (nSPS) is 12.8. The fourth-order valence-corrected chi connectivity index (χ4v) is 3.15. The third kappa shape index (κ3) is 4.59. The lowest BCUT2D eigenvalue weighted by molar-refractivity contribution is 0.450. The van der Waals surface area contributed by atoms with Crippen LogP contribution in [0, 0.1) is 0 Å². The van der Waals surface area contributed by atoms with E-state index in [9.17, 15) is 0 Å². The van der Waals surface area contributed by atoms with Crippen molar-refractivity contribution in [1.82, 2.24) is 0 Å². The average molecular weight is 162 g/mol. The minimum atomic E-state index is -1.51. The Bertz CT molecular complexity index is 93.0. The van der Waals surface area contributed by atoms with Crippen molar-refractivity contribution in [1.29, 1.82) is 0 Å². The number of rotatable bonds is 4. The van der Waals surface area contributed by atoms with Gasteiger partial charge in [-0.2, -0.15) is 0 Å². The number of hydrogen-bond acceptors (Lipinski definition) is 2. The van der Waals surface area contributed by atoms with E-state index < -0.39 is 18.3 Å². The molecular weight excluding hydrogens is 148 g/mol. The lowest BCUT2D eigenvalue weighted by Gasteiger charge is -2.19. The summed E-state index contributed by atoms with van der Waals surface area (Å²) < 4.78 is 5.23. The first-order chi connectivity index (χ1) is 4.12. The van der Waals surface area contributed by atoms with Crippen molar-refractivity contribution in [2.75, 3.05) is 0 Å². The maximum atomic E-state index is 8.55. The molecule has 0 bridgehead atoms. The summed E-state index contributed by atoms with van der Waals surface area (Å²) in [4.78, 5) is 8.55. The third-order valence-electron chi connectivity index (χ3n) is 1.09. The highest BCUT2D eigenvalue weighted by atomic mass is 28.4. The van der Waals surface area contributed by atoms with Crippen LogP contribution in [0.2, 0.25) is 19.1 Å². The van der Waals surface area contributed by atoms with Gasteiger partial charge in [0.25, 0.3) is 10.0 Å². The zero-order valence-electron chi connectivity index (χ0n) is 6.05. The molecule has 1 N–H and O–H groups in total. The Hall–Kier alpha value is 0.0938. The van der Waals surface area contributed by atoms with Crippen molar-refractivity contribution in [3.63, 3.8) is 0 Å². The molecule has 0 rings (SSSR count). The minimum absolute atomic E-state index is 0.931. The van der Waals surface area contributed by atoms with Crippen LogP contribution < -0.4 is 0 Å². The van der Waals surface area contributed by atoms with Crippen LogP contribution >= 0.6 is 0 Å². The summed E-state index contributed by atoms with van der Waals surface area (Å²) in [5.41, 5.74) is 0. The van der Waals surface area contributed by atoms with Crippen LogP contribution in [0.1, 0.15) is 0 Å². The predicted molar refractivity (Wildman–Crippen MR) is 44.3 cm³/mol. The molecule has 0 saturated carbocycles. The molecular formula is C5H14O2Si2. The molecule has 0 heterocycles. The van der Waals surface area contributed by atoms with Gasteiger partial charge in [0.2, 0.25) is 0 Å². The Kier molecular flexibility index (Phi) is 4.04. The second kappa shape index (κ2) is 4.00. The van der Waals surface area contributed by atoms with Crippen LogP contribution in [0.25, 0.3) is 0 Å². The zero-order chi connectivity index (χ0) is 7.33. The van der Waals surface area contributed by atoms with Crippen molar-refractivity contribution in [3.8, 4) is 0 Å². The first kappa shape index (κ1) is 9.09. The van der Waals surface area contributed by atoms with E-state index >= 15 is 0 Å². The molecule has 0 fully saturated rings. The molecule has 54 valence electrons. The van der Waals surface area contributed by atoms with Gasteiger partial charge in [-0.3, -0.25) is 0 Å². The van der Waals surface area contributed by atoms with Gasteiger partial charge in [-0.15, -0.1) is 6.58 Å². The standard InChI is InChI=1S/C5H14O2Si2/c1-4-5-9(2,3)7-8-6/h4,6H,1,5,8H2,2-3H3. The van der Waals surface area contributed by atoms with E-state index in [0.717, 1.165) is 6.04 Å². The SMILES string of the molecule is C=CC[Si](C)(C)O[SiH2]O. The summed E-state index contributed by atoms with van der Waals surface area (Å²) >= 11 is 0. The maximum Gasteiger partial charge on any atom is 0.291 e. The zero-order valence-corrected chi connectivity index (χ0v) is 8.47. The fraction of sp³-hybridized carbons (Fsp3) is 0.600. The Balaban J connectivity index is 3.55. The van der Waals surface area contributed by atoms with Gasteiger partial charge in [-0.25, -0.2) is 0 Å². The van der Waals surface area contributed by atoms with E-state index in [0.29, 0.717) is 0 Å². The van der Waals surface area contributed by atoms with Crippen LogP contribution in [-0.4, -0.2) is 23.1 Å². The van der Waals surface area contributed by atoms with Gasteiger partial charge >= 0.3 is 0 Å².